The summed E-state index contributed by atoms with van der Waals surface area (Å²) in [5.41, 5.74) is 0.423. The molecule has 1 aromatic carbocycles. The van der Waals surface area contributed by atoms with Crippen molar-refractivity contribution in [2.45, 2.75) is 0 Å². The van der Waals surface area contributed by atoms with E-state index in [4.69, 9.17) is 11.6 Å². The van der Waals surface area contributed by atoms with Crippen molar-refractivity contribution in [2.75, 3.05) is 14.1 Å². The fourth-order valence-corrected chi connectivity index (χ4v) is 1.09. The summed E-state index contributed by atoms with van der Waals surface area (Å²) in [6, 6.07) is 6.84. The van der Waals surface area contributed by atoms with E-state index in [9.17, 15) is 4.79 Å². The number of rotatable bonds is 2. The van der Waals surface area contributed by atoms with E-state index in [1.165, 1.54) is 6.34 Å². The summed E-state index contributed by atoms with van der Waals surface area (Å²) < 4.78 is 0. The molecule has 0 saturated heterocycles. The predicted molar refractivity (Wildman–Crippen MR) is 58.0 cm³/mol. The van der Waals surface area contributed by atoms with Gasteiger partial charge in [0.05, 0.1) is 16.9 Å². The highest BCUT2D eigenvalue weighted by Gasteiger charge is 2.06. The molecule has 0 bridgehead atoms. The van der Waals surface area contributed by atoms with Gasteiger partial charge in [0.25, 0.3) is 5.91 Å². The van der Waals surface area contributed by atoms with E-state index in [0.717, 1.165) is 0 Å². The Bertz CT molecular complexity index is 361. The maximum atomic E-state index is 11.5. The molecule has 0 spiro atoms. The van der Waals surface area contributed by atoms with Gasteiger partial charge in [-0.15, -0.1) is 0 Å². The van der Waals surface area contributed by atoms with Crippen molar-refractivity contribution in [3.8, 4) is 0 Å². The fraction of sp³-hybridized carbons (Fsp3) is 0.200. The molecule has 0 N–H and O–H groups in total. The number of carbonyl (C=O) groups excluding carboxylic acids is 1. The molecule has 0 aromatic heterocycles. The first-order valence-electron chi connectivity index (χ1n) is 4.10. The first-order chi connectivity index (χ1) is 6.61. The van der Waals surface area contributed by atoms with Crippen LogP contribution in [0.15, 0.2) is 29.3 Å². The Morgan fingerprint density at radius 3 is 2.64 bits per heavy atom. The second kappa shape index (κ2) is 4.77. The fourth-order valence-electron chi connectivity index (χ4n) is 0.872. The van der Waals surface area contributed by atoms with Crippen LogP contribution in [0.5, 0.6) is 0 Å². The molecule has 0 atom stereocenters. The lowest BCUT2D eigenvalue weighted by molar-refractivity contribution is 0.100. The van der Waals surface area contributed by atoms with Gasteiger partial charge in [-0.3, -0.25) is 4.79 Å². The molecule has 74 valence electrons. The van der Waals surface area contributed by atoms with E-state index in [1.807, 2.05) is 0 Å². The lowest BCUT2D eigenvalue weighted by Gasteiger charge is -2.02. The number of hydrogen-bond acceptors (Lipinski definition) is 1. The van der Waals surface area contributed by atoms with Gasteiger partial charge in [-0.25, -0.2) is 0 Å². The summed E-state index contributed by atoms with van der Waals surface area (Å²) in [6.07, 6.45) is 1.45. The van der Waals surface area contributed by atoms with E-state index in [0.29, 0.717) is 10.6 Å². The molecule has 4 heteroatoms. The zero-order valence-electron chi connectivity index (χ0n) is 8.07. The molecule has 0 heterocycles. The van der Waals surface area contributed by atoms with Gasteiger partial charge in [-0.2, -0.15) is 4.99 Å². The third kappa shape index (κ3) is 2.85. The molecule has 1 rings (SSSR count). The molecule has 0 radical (unpaired) electrons. The average molecular weight is 211 g/mol. The molecule has 0 aliphatic rings. The van der Waals surface area contributed by atoms with Crippen LogP contribution >= 0.6 is 11.6 Å². The number of aliphatic imine (C=N–C) groups is 1. The Balaban J connectivity index is 2.85. The highest BCUT2D eigenvalue weighted by Crippen LogP contribution is 2.15. The smallest absolute Gasteiger partial charge is 0.279 e. The Morgan fingerprint density at radius 2 is 2.07 bits per heavy atom. The summed E-state index contributed by atoms with van der Waals surface area (Å²) in [6.45, 7) is 0. The maximum Gasteiger partial charge on any atom is 0.279 e. The molecule has 14 heavy (non-hydrogen) atoms. The Kier molecular flexibility index (Phi) is 3.65. The summed E-state index contributed by atoms with van der Waals surface area (Å²) in [7, 11) is 3.59. The summed E-state index contributed by atoms with van der Waals surface area (Å²) in [5.74, 6) is -0.329. The van der Waals surface area contributed by atoms with Gasteiger partial charge in [-0.1, -0.05) is 23.7 Å². The molecule has 0 fully saturated rings. The molecule has 3 nitrogen and oxygen atoms in total. The minimum atomic E-state index is -0.329. The highest BCUT2D eigenvalue weighted by atomic mass is 35.5. The van der Waals surface area contributed by atoms with Crippen LogP contribution in [-0.2, 0) is 0 Å². The second-order valence-electron chi connectivity index (χ2n) is 2.99. The third-order valence-corrected chi connectivity index (χ3v) is 1.84. The van der Waals surface area contributed by atoms with Gasteiger partial charge in [0.15, 0.2) is 0 Å². The molecule has 0 saturated carbocycles. The molecule has 0 aliphatic carbocycles. The van der Waals surface area contributed by atoms with Crippen LogP contribution < -0.4 is 0 Å². The van der Waals surface area contributed by atoms with Gasteiger partial charge in [0.1, 0.15) is 0 Å². The normalized spacial score (nSPS) is 10.5. The first-order valence-corrected chi connectivity index (χ1v) is 4.48. The van der Waals surface area contributed by atoms with Gasteiger partial charge >= 0.3 is 0 Å². The van der Waals surface area contributed by atoms with Gasteiger partial charge < -0.3 is 4.90 Å². The molecule has 1 aromatic rings. The van der Waals surface area contributed by atoms with Gasteiger partial charge in [-0.05, 0) is 12.1 Å². The van der Waals surface area contributed by atoms with Crippen molar-refractivity contribution >= 4 is 23.8 Å². The lowest BCUT2D eigenvalue weighted by Crippen LogP contribution is -2.09. The van der Waals surface area contributed by atoms with Crippen molar-refractivity contribution < 1.29 is 4.79 Å². The monoisotopic (exact) mass is 210 g/mol. The van der Waals surface area contributed by atoms with Crippen molar-refractivity contribution in [1.29, 1.82) is 0 Å². The molecule has 0 aliphatic heterocycles. The number of benzene rings is 1. The minimum absolute atomic E-state index is 0.329. The minimum Gasteiger partial charge on any atom is -0.369 e. The predicted octanol–water partition coefficient (Wildman–Crippen LogP) is 2.07. The largest absolute Gasteiger partial charge is 0.369 e. The highest BCUT2D eigenvalue weighted by molar-refractivity contribution is 6.34. The molecular formula is C10H11ClN2O. The van der Waals surface area contributed by atoms with Crippen molar-refractivity contribution in [3.05, 3.63) is 34.9 Å². The third-order valence-electron chi connectivity index (χ3n) is 1.51. The summed E-state index contributed by atoms with van der Waals surface area (Å²) >= 11 is 5.83. The van der Waals surface area contributed by atoms with Crippen LogP contribution in [0.3, 0.4) is 0 Å². The van der Waals surface area contributed by atoms with Crippen LogP contribution in [0.2, 0.25) is 5.02 Å². The van der Waals surface area contributed by atoms with Crippen molar-refractivity contribution in [1.82, 2.24) is 4.90 Å². The average Bonchev–Trinajstić information content (AvgIpc) is 2.15. The lowest BCUT2D eigenvalue weighted by atomic mass is 10.2. The SMILES string of the molecule is CN(C)C=NC(=O)c1ccccc1Cl. The van der Waals surface area contributed by atoms with Crippen LogP contribution in [0.25, 0.3) is 0 Å². The Hall–Kier alpha value is -1.35. The molecule has 1 amide bonds. The van der Waals surface area contributed by atoms with E-state index in [1.54, 1.807) is 43.3 Å². The molecular weight excluding hydrogens is 200 g/mol. The number of hydrogen-bond donors (Lipinski definition) is 0. The van der Waals surface area contributed by atoms with Crippen LogP contribution in [-0.4, -0.2) is 31.2 Å². The summed E-state index contributed by atoms with van der Waals surface area (Å²) in [5, 5.41) is 0.424. The quantitative estimate of drug-likeness (QED) is 0.553. The number of nitrogens with zero attached hydrogens (tertiary/aromatic N) is 2. The van der Waals surface area contributed by atoms with Crippen LogP contribution in [0, 0.1) is 0 Å². The van der Waals surface area contributed by atoms with Gasteiger partial charge in [0, 0.05) is 14.1 Å². The zero-order chi connectivity index (χ0) is 10.6. The maximum absolute atomic E-state index is 11.5. The topological polar surface area (TPSA) is 32.7 Å². The number of carbonyl (C=O) groups is 1. The first kappa shape index (κ1) is 10.7. The zero-order valence-corrected chi connectivity index (χ0v) is 8.82. The number of halogens is 1. The van der Waals surface area contributed by atoms with E-state index < -0.39 is 0 Å². The van der Waals surface area contributed by atoms with Crippen molar-refractivity contribution in [2.24, 2.45) is 4.99 Å². The summed E-state index contributed by atoms with van der Waals surface area (Å²) in [4.78, 5) is 16.9. The Labute approximate surface area is 88.0 Å². The Morgan fingerprint density at radius 1 is 1.43 bits per heavy atom. The van der Waals surface area contributed by atoms with E-state index in [2.05, 4.69) is 4.99 Å². The van der Waals surface area contributed by atoms with Crippen molar-refractivity contribution in [3.63, 3.8) is 0 Å². The van der Waals surface area contributed by atoms with E-state index >= 15 is 0 Å². The number of amides is 1. The van der Waals surface area contributed by atoms with Crippen LogP contribution in [0.1, 0.15) is 10.4 Å². The van der Waals surface area contributed by atoms with Crippen LogP contribution in [0.4, 0.5) is 0 Å². The van der Waals surface area contributed by atoms with Gasteiger partial charge in [0.2, 0.25) is 0 Å². The molecule has 0 unspecified atom stereocenters. The second-order valence-corrected chi connectivity index (χ2v) is 3.40. The standard InChI is InChI=1S/C10H11ClN2O/c1-13(2)7-12-10(14)8-5-3-4-6-9(8)11/h3-7H,1-2H3. The van der Waals surface area contributed by atoms with E-state index in [-0.39, 0.29) is 5.91 Å².